The van der Waals surface area contributed by atoms with Crippen molar-refractivity contribution in [3.63, 3.8) is 0 Å². The summed E-state index contributed by atoms with van der Waals surface area (Å²) in [6, 6.07) is 13.6. The first-order chi connectivity index (χ1) is 11.3. The van der Waals surface area contributed by atoms with Crippen molar-refractivity contribution >= 4 is 21.4 Å². The molecule has 0 aliphatic heterocycles. The SMILES string of the molecule is CNS(=O)(=O)c1ccc(NC[C@H](C)c2ccccc2)c([N+](=O)[O-])c1. The predicted octanol–water partition coefficient (Wildman–Crippen LogP) is 2.72. The maximum Gasteiger partial charge on any atom is 0.293 e. The van der Waals surface area contributed by atoms with Crippen LogP contribution in [0.4, 0.5) is 11.4 Å². The number of nitro groups is 1. The Labute approximate surface area is 140 Å². The third kappa shape index (κ3) is 4.09. The second kappa shape index (κ2) is 7.41. The molecule has 0 unspecified atom stereocenters. The second-order valence-corrected chi connectivity index (χ2v) is 7.22. The molecule has 0 saturated carbocycles. The average molecular weight is 349 g/mol. The van der Waals surface area contributed by atoms with Crippen molar-refractivity contribution in [2.75, 3.05) is 18.9 Å². The topological polar surface area (TPSA) is 101 Å². The molecule has 2 rings (SSSR count). The highest BCUT2D eigenvalue weighted by Crippen LogP contribution is 2.28. The van der Waals surface area contributed by atoms with Gasteiger partial charge in [-0.05, 0) is 30.7 Å². The molecule has 24 heavy (non-hydrogen) atoms. The summed E-state index contributed by atoms with van der Waals surface area (Å²) >= 11 is 0. The van der Waals surface area contributed by atoms with Gasteiger partial charge in [0, 0.05) is 12.6 Å². The van der Waals surface area contributed by atoms with Gasteiger partial charge in [0.1, 0.15) is 5.69 Å². The van der Waals surface area contributed by atoms with Crippen LogP contribution < -0.4 is 10.0 Å². The maximum atomic E-state index is 11.8. The molecule has 2 aromatic carbocycles. The van der Waals surface area contributed by atoms with Crippen molar-refractivity contribution in [2.45, 2.75) is 17.7 Å². The van der Waals surface area contributed by atoms with Gasteiger partial charge in [0.15, 0.2) is 0 Å². The Balaban J connectivity index is 2.23. The Bertz CT molecular complexity index is 822. The fourth-order valence-electron chi connectivity index (χ4n) is 2.26. The summed E-state index contributed by atoms with van der Waals surface area (Å²) in [7, 11) is -2.47. The maximum absolute atomic E-state index is 11.8. The van der Waals surface area contributed by atoms with Crippen LogP contribution in [0, 0.1) is 10.1 Å². The molecule has 0 amide bonds. The molecule has 0 heterocycles. The lowest BCUT2D eigenvalue weighted by Crippen LogP contribution is -2.19. The number of rotatable bonds is 7. The van der Waals surface area contributed by atoms with E-state index in [-0.39, 0.29) is 22.2 Å². The molecule has 8 heteroatoms. The molecule has 0 aromatic heterocycles. The van der Waals surface area contributed by atoms with Crippen LogP contribution in [0.15, 0.2) is 53.4 Å². The first kappa shape index (κ1) is 17.9. The van der Waals surface area contributed by atoms with Gasteiger partial charge < -0.3 is 5.32 Å². The Hall–Kier alpha value is -2.45. The molecule has 0 spiro atoms. The van der Waals surface area contributed by atoms with E-state index < -0.39 is 14.9 Å². The summed E-state index contributed by atoms with van der Waals surface area (Å²) in [6.07, 6.45) is 0. The van der Waals surface area contributed by atoms with Gasteiger partial charge in [-0.1, -0.05) is 37.3 Å². The fraction of sp³-hybridized carbons (Fsp3) is 0.250. The molecule has 0 saturated heterocycles. The van der Waals surface area contributed by atoms with Crippen molar-refractivity contribution in [3.05, 3.63) is 64.2 Å². The zero-order valence-electron chi connectivity index (χ0n) is 13.4. The van der Waals surface area contributed by atoms with Crippen LogP contribution in [0.25, 0.3) is 0 Å². The fourth-order valence-corrected chi connectivity index (χ4v) is 3.01. The lowest BCUT2D eigenvalue weighted by atomic mass is 10.0. The quantitative estimate of drug-likeness (QED) is 0.591. The number of nitro benzene ring substituents is 1. The van der Waals surface area contributed by atoms with Gasteiger partial charge in [-0.15, -0.1) is 0 Å². The standard InChI is InChI=1S/C16H19N3O4S/c1-12(13-6-4-3-5-7-13)11-18-15-9-8-14(24(22,23)17-2)10-16(15)19(20)21/h3-10,12,17-18H,11H2,1-2H3/t12-/m0/s1. The first-order valence-corrected chi connectivity index (χ1v) is 8.84. The smallest absolute Gasteiger partial charge is 0.293 e. The highest BCUT2D eigenvalue weighted by Gasteiger charge is 2.20. The summed E-state index contributed by atoms with van der Waals surface area (Å²) in [5.41, 5.74) is 1.13. The summed E-state index contributed by atoms with van der Waals surface area (Å²) in [4.78, 5) is 10.5. The minimum absolute atomic E-state index is 0.140. The van der Waals surface area contributed by atoms with Crippen LogP contribution in [-0.4, -0.2) is 26.9 Å². The molecular weight excluding hydrogens is 330 g/mol. The summed E-state index contributed by atoms with van der Waals surface area (Å²) in [6.45, 7) is 2.50. The molecule has 1 atom stereocenters. The van der Waals surface area contributed by atoms with E-state index in [0.29, 0.717) is 6.54 Å². The summed E-state index contributed by atoms with van der Waals surface area (Å²) in [5, 5.41) is 14.3. The zero-order chi connectivity index (χ0) is 17.7. The molecular formula is C16H19N3O4S. The highest BCUT2D eigenvalue weighted by molar-refractivity contribution is 7.89. The van der Waals surface area contributed by atoms with E-state index in [9.17, 15) is 18.5 Å². The number of hydrogen-bond donors (Lipinski definition) is 2. The monoisotopic (exact) mass is 349 g/mol. The van der Waals surface area contributed by atoms with E-state index in [1.165, 1.54) is 19.2 Å². The van der Waals surface area contributed by atoms with E-state index in [2.05, 4.69) is 10.0 Å². The Morgan fingerprint density at radius 2 is 1.83 bits per heavy atom. The van der Waals surface area contributed by atoms with Gasteiger partial charge in [-0.3, -0.25) is 10.1 Å². The number of nitrogens with one attached hydrogen (secondary N) is 2. The second-order valence-electron chi connectivity index (χ2n) is 5.34. The number of nitrogens with zero attached hydrogens (tertiary/aromatic N) is 1. The highest BCUT2D eigenvalue weighted by atomic mass is 32.2. The van der Waals surface area contributed by atoms with Crippen LogP contribution in [0.3, 0.4) is 0 Å². The van der Waals surface area contributed by atoms with Gasteiger partial charge in [0.2, 0.25) is 10.0 Å². The van der Waals surface area contributed by atoms with Crippen LogP contribution in [0.1, 0.15) is 18.4 Å². The third-order valence-corrected chi connectivity index (χ3v) is 5.12. The zero-order valence-corrected chi connectivity index (χ0v) is 14.2. The molecule has 0 bridgehead atoms. The molecule has 2 N–H and O–H groups in total. The largest absolute Gasteiger partial charge is 0.379 e. The lowest BCUT2D eigenvalue weighted by Gasteiger charge is -2.14. The van der Waals surface area contributed by atoms with E-state index in [4.69, 9.17) is 0 Å². The van der Waals surface area contributed by atoms with Crippen molar-refractivity contribution < 1.29 is 13.3 Å². The van der Waals surface area contributed by atoms with Crippen LogP contribution in [0.5, 0.6) is 0 Å². The van der Waals surface area contributed by atoms with Gasteiger partial charge in [0.05, 0.1) is 9.82 Å². The van der Waals surface area contributed by atoms with Gasteiger partial charge in [0.25, 0.3) is 5.69 Å². The van der Waals surface area contributed by atoms with E-state index >= 15 is 0 Å². The van der Waals surface area contributed by atoms with E-state index in [1.54, 1.807) is 0 Å². The van der Waals surface area contributed by atoms with E-state index in [0.717, 1.165) is 11.6 Å². The van der Waals surface area contributed by atoms with Crippen molar-refractivity contribution in [3.8, 4) is 0 Å². The summed E-state index contributed by atoms with van der Waals surface area (Å²) in [5.74, 6) is 0.145. The van der Waals surface area contributed by atoms with Crippen LogP contribution in [-0.2, 0) is 10.0 Å². The van der Waals surface area contributed by atoms with Gasteiger partial charge in [-0.2, -0.15) is 0 Å². The normalized spacial score (nSPS) is 12.6. The number of sulfonamides is 1. The van der Waals surface area contributed by atoms with E-state index in [1.807, 2.05) is 37.3 Å². The minimum Gasteiger partial charge on any atom is -0.379 e. The van der Waals surface area contributed by atoms with Crippen LogP contribution >= 0.6 is 0 Å². The Morgan fingerprint density at radius 1 is 1.17 bits per heavy atom. The third-order valence-electron chi connectivity index (χ3n) is 3.71. The summed E-state index contributed by atoms with van der Waals surface area (Å²) < 4.78 is 25.7. The predicted molar refractivity (Wildman–Crippen MR) is 92.7 cm³/mol. The number of benzene rings is 2. The Kier molecular flexibility index (Phi) is 5.53. The van der Waals surface area contributed by atoms with Crippen LogP contribution in [0.2, 0.25) is 0 Å². The van der Waals surface area contributed by atoms with Crippen molar-refractivity contribution in [2.24, 2.45) is 0 Å². The average Bonchev–Trinajstić information content (AvgIpc) is 2.60. The first-order valence-electron chi connectivity index (χ1n) is 7.36. The molecule has 0 aliphatic carbocycles. The molecule has 0 aliphatic rings. The molecule has 0 radical (unpaired) electrons. The Morgan fingerprint density at radius 3 is 2.42 bits per heavy atom. The molecule has 128 valence electrons. The lowest BCUT2D eigenvalue weighted by molar-refractivity contribution is -0.384. The molecule has 2 aromatic rings. The molecule has 0 fully saturated rings. The van der Waals surface area contributed by atoms with Gasteiger partial charge >= 0.3 is 0 Å². The molecule has 7 nitrogen and oxygen atoms in total. The number of anilines is 1. The number of hydrogen-bond acceptors (Lipinski definition) is 5. The van der Waals surface area contributed by atoms with Crippen molar-refractivity contribution in [1.29, 1.82) is 0 Å². The van der Waals surface area contributed by atoms with Crippen molar-refractivity contribution in [1.82, 2.24) is 4.72 Å². The van der Waals surface area contributed by atoms with Gasteiger partial charge in [-0.25, -0.2) is 13.1 Å². The minimum atomic E-state index is -3.73.